The summed E-state index contributed by atoms with van der Waals surface area (Å²) in [4.78, 5) is 32.3. The molecule has 2 aromatic heterocycles. The number of aromatic nitrogens is 2. The standard InChI is InChI=1S/C25H25N5O3S/c31-23-22(34-25(32)30-23)14-19-11-12-26-24(29-19)28-18-9-7-17(8-10-18)27-15-16-4-1-2-5-20(16)21-6-3-13-33-21/h1-6,11-14,17-18,27H,7-10,15H2,(H,26,28,29)(H,30,31,32)/b22-14-/t17-,18-. The Morgan fingerprint density at radius 3 is 2.65 bits per heavy atom. The van der Waals surface area contributed by atoms with Gasteiger partial charge in [0, 0.05) is 30.4 Å². The summed E-state index contributed by atoms with van der Waals surface area (Å²) in [6.07, 6.45) is 9.11. The van der Waals surface area contributed by atoms with E-state index in [1.807, 2.05) is 18.2 Å². The highest BCUT2D eigenvalue weighted by Crippen LogP contribution is 2.27. The molecule has 3 N–H and O–H groups in total. The summed E-state index contributed by atoms with van der Waals surface area (Å²) in [5, 5.41) is 9.01. The maximum absolute atomic E-state index is 11.8. The van der Waals surface area contributed by atoms with E-state index in [0.29, 0.717) is 28.6 Å². The molecule has 1 aromatic carbocycles. The van der Waals surface area contributed by atoms with E-state index in [-0.39, 0.29) is 11.1 Å². The molecule has 0 radical (unpaired) electrons. The number of rotatable bonds is 7. The van der Waals surface area contributed by atoms with Crippen LogP contribution in [0.3, 0.4) is 0 Å². The summed E-state index contributed by atoms with van der Waals surface area (Å²) in [5.74, 6) is 1.04. The normalized spacial score (nSPS) is 21.6. The van der Waals surface area contributed by atoms with Gasteiger partial charge in [-0.15, -0.1) is 0 Å². The number of thioether (sulfide) groups is 1. The lowest BCUT2D eigenvalue weighted by molar-refractivity contribution is -0.115. The molecule has 8 nitrogen and oxygen atoms in total. The lowest BCUT2D eigenvalue weighted by Crippen LogP contribution is -2.37. The SMILES string of the molecule is O=C1NC(=O)/C(=C/c2ccnc(N[C@H]3CC[C@H](NCc4ccccc4-c4ccco4)CC3)n2)S1. The van der Waals surface area contributed by atoms with E-state index in [1.165, 1.54) is 5.56 Å². The molecule has 3 aromatic rings. The van der Waals surface area contributed by atoms with Crippen LogP contribution in [0.2, 0.25) is 0 Å². The smallest absolute Gasteiger partial charge is 0.290 e. The third-order valence-corrected chi connectivity index (χ3v) is 6.85. The minimum absolute atomic E-state index is 0.294. The molecule has 1 saturated carbocycles. The van der Waals surface area contributed by atoms with Crippen LogP contribution >= 0.6 is 11.8 Å². The van der Waals surface area contributed by atoms with Crippen molar-refractivity contribution in [3.8, 4) is 11.3 Å². The molecular weight excluding hydrogens is 450 g/mol. The molecular formula is C25H25N5O3S. The van der Waals surface area contributed by atoms with Gasteiger partial charge in [0.1, 0.15) is 5.76 Å². The van der Waals surface area contributed by atoms with Crippen molar-refractivity contribution in [3.63, 3.8) is 0 Å². The zero-order chi connectivity index (χ0) is 23.3. The van der Waals surface area contributed by atoms with E-state index < -0.39 is 0 Å². The number of nitrogens with zero attached hydrogens (tertiary/aromatic N) is 2. The Bertz CT molecular complexity index is 1200. The largest absolute Gasteiger partial charge is 0.464 e. The Kier molecular flexibility index (Phi) is 6.73. The van der Waals surface area contributed by atoms with Crippen LogP contribution in [0.5, 0.6) is 0 Å². The van der Waals surface area contributed by atoms with Crippen LogP contribution in [0.1, 0.15) is 36.9 Å². The third-order valence-electron chi connectivity index (χ3n) is 6.04. The molecule has 174 valence electrons. The lowest BCUT2D eigenvalue weighted by atomic mass is 9.91. The number of amides is 2. The molecule has 34 heavy (non-hydrogen) atoms. The zero-order valence-corrected chi connectivity index (χ0v) is 19.3. The fourth-order valence-corrected chi connectivity index (χ4v) is 4.97. The molecule has 1 saturated heterocycles. The molecule has 5 rings (SSSR count). The average Bonchev–Trinajstić information content (AvgIpc) is 3.49. The van der Waals surface area contributed by atoms with Gasteiger partial charge in [-0.2, -0.15) is 0 Å². The summed E-state index contributed by atoms with van der Waals surface area (Å²) in [7, 11) is 0. The Morgan fingerprint density at radius 1 is 1.06 bits per heavy atom. The number of benzene rings is 1. The maximum atomic E-state index is 11.8. The van der Waals surface area contributed by atoms with Crippen molar-refractivity contribution < 1.29 is 14.0 Å². The molecule has 0 bridgehead atoms. The highest BCUT2D eigenvalue weighted by atomic mass is 32.2. The van der Waals surface area contributed by atoms with Crippen molar-refractivity contribution in [1.29, 1.82) is 0 Å². The van der Waals surface area contributed by atoms with Gasteiger partial charge in [-0.05, 0) is 67.3 Å². The van der Waals surface area contributed by atoms with E-state index in [0.717, 1.165) is 55.3 Å². The van der Waals surface area contributed by atoms with Crippen LogP contribution in [-0.2, 0) is 11.3 Å². The van der Waals surface area contributed by atoms with Gasteiger partial charge < -0.3 is 15.1 Å². The van der Waals surface area contributed by atoms with Gasteiger partial charge in [-0.1, -0.05) is 24.3 Å². The number of hydrogen-bond acceptors (Lipinski definition) is 8. The monoisotopic (exact) mass is 475 g/mol. The number of carbonyl (C=O) groups is 2. The van der Waals surface area contributed by atoms with E-state index in [1.54, 1.807) is 24.6 Å². The highest BCUT2D eigenvalue weighted by Gasteiger charge is 2.25. The lowest BCUT2D eigenvalue weighted by Gasteiger charge is -2.30. The van der Waals surface area contributed by atoms with Crippen LogP contribution in [0.4, 0.5) is 10.7 Å². The van der Waals surface area contributed by atoms with Gasteiger partial charge in [0.05, 0.1) is 16.9 Å². The molecule has 1 aliphatic carbocycles. The highest BCUT2D eigenvalue weighted by molar-refractivity contribution is 8.18. The first-order valence-corrected chi connectivity index (χ1v) is 12.2. The quantitative estimate of drug-likeness (QED) is 0.426. The predicted octanol–water partition coefficient (Wildman–Crippen LogP) is 4.57. The molecule has 0 unspecified atom stereocenters. The fraction of sp³-hybridized carbons (Fsp3) is 0.280. The van der Waals surface area contributed by atoms with E-state index >= 15 is 0 Å². The average molecular weight is 476 g/mol. The van der Waals surface area contributed by atoms with Crippen LogP contribution in [0.25, 0.3) is 17.4 Å². The van der Waals surface area contributed by atoms with Crippen molar-refractivity contribution in [2.24, 2.45) is 0 Å². The predicted molar refractivity (Wildman–Crippen MR) is 132 cm³/mol. The third kappa shape index (κ3) is 5.37. The van der Waals surface area contributed by atoms with Gasteiger partial charge in [0.25, 0.3) is 11.1 Å². The number of imide groups is 1. The van der Waals surface area contributed by atoms with Crippen molar-refractivity contribution in [1.82, 2.24) is 20.6 Å². The second kappa shape index (κ2) is 10.2. The number of carbonyl (C=O) groups excluding carboxylic acids is 2. The van der Waals surface area contributed by atoms with E-state index in [4.69, 9.17) is 4.42 Å². The number of anilines is 1. The minimum atomic E-state index is -0.388. The molecule has 1 aliphatic heterocycles. The van der Waals surface area contributed by atoms with Gasteiger partial charge in [0.2, 0.25) is 5.95 Å². The Balaban J connectivity index is 1.13. The van der Waals surface area contributed by atoms with Gasteiger partial charge in [-0.25, -0.2) is 9.97 Å². The van der Waals surface area contributed by atoms with Crippen molar-refractivity contribution in [3.05, 3.63) is 71.1 Å². The summed E-state index contributed by atoms with van der Waals surface area (Å²) in [6.45, 7) is 0.799. The minimum Gasteiger partial charge on any atom is -0.464 e. The fourth-order valence-electron chi connectivity index (χ4n) is 4.30. The zero-order valence-electron chi connectivity index (χ0n) is 18.5. The molecule has 2 fully saturated rings. The molecule has 0 atom stereocenters. The van der Waals surface area contributed by atoms with Crippen LogP contribution in [-0.4, -0.2) is 33.2 Å². The second-order valence-corrected chi connectivity index (χ2v) is 9.38. The van der Waals surface area contributed by atoms with Crippen LogP contribution in [0, 0.1) is 0 Å². The van der Waals surface area contributed by atoms with Gasteiger partial charge in [0.15, 0.2) is 0 Å². The molecule has 9 heteroatoms. The summed E-state index contributed by atoms with van der Waals surface area (Å²) < 4.78 is 5.59. The maximum Gasteiger partial charge on any atom is 0.290 e. The first-order chi connectivity index (χ1) is 16.6. The van der Waals surface area contributed by atoms with Crippen LogP contribution in [0.15, 0.2) is 64.2 Å². The summed E-state index contributed by atoms with van der Waals surface area (Å²) >= 11 is 0.882. The Labute approximate surface area is 201 Å². The first kappa shape index (κ1) is 22.4. The van der Waals surface area contributed by atoms with Crippen molar-refractivity contribution >= 4 is 34.9 Å². The van der Waals surface area contributed by atoms with Crippen molar-refractivity contribution in [2.75, 3.05) is 5.32 Å². The first-order valence-electron chi connectivity index (χ1n) is 11.3. The van der Waals surface area contributed by atoms with Crippen LogP contribution < -0.4 is 16.0 Å². The van der Waals surface area contributed by atoms with E-state index in [2.05, 4.69) is 44.1 Å². The van der Waals surface area contributed by atoms with Gasteiger partial charge in [-0.3, -0.25) is 14.9 Å². The number of hydrogen-bond donors (Lipinski definition) is 3. The summed E-state index contributed by atoms with van der Waals surface area (Å²) in [6, 6.07) is 14.7. The second-order valence-electron chi connectivity index (χ2n) is 8.37. The number of furan rings is 1. The Hall–Kier alpha value is -3.43. The molecule has 0 spiro atoms. The summed E-state index contributed by atoms with van der Waals surface area (Å²) in [5.41, 5.74) is 2.95. The Morgan fingerprint density at radius 2 is 1.88 bits per heavy atom. The van der Waals surface area contributed by atoms with Gasteiger partial charge >= 0.3 is 0 Å². The molecule has 2 amide bonds. The topological polar surface area (TPSA) is 109 Å². The molecule has 3 heterocycles. The van der Waals surface area contributed by atoms with Crippen molar-refractivity contribution in [2.45, 2.75) is 44.3 Å². The number of nitrogens with one attached hydrogen (secondary N) is 3. The molecule has 2 aliphatic rings. The van der Waals surface area contributed by atoms with E-state index in [9.17, 15) is 9.59 Å².